The van der Waals surface area contributed by atoms with Crippen molar-refractivity contribution in [3.05, 3.63) is 81.5 Å². The first kappa shape index (κ1) is 14.1. The van der Waals surface area contributed by atoms with Gasteiger partial charge in [0, 0.05) is 23.1 Å². The van der Waals surface area contributed by atoms with Gasteiger partial charge in [0.1, 0.15) is 0 Å². The molecule has 4 rings (SSSR count). The molecule has 1 N–H and O–H groups in total. The normalized spacial score (nSPS) is 14.7. The van der Waals surface area contributed by atoms with Crippen LogP contribution in [0.1, 0.15) is 21.6 Å². The molecular weight excluding hydrogens is 306 g/mol. The van der Waals surface area contributed by atoms with Gasteiger partial charge in [-0.15, -0.1) is 0 Å². The molecule has 0 saturated heterocycles. The average Bonchev–Trinajstić information content (AvgIpc) is 2.90. The lowest BCUT2D eigenvalue weighted by Gasteiger charge is -2.02. The molecule has 116 valence electrons. The fourth-order valence-corrected chi connectivity index (χ4v) is 2.75. The Morgan fingerprint density at radius 2 is 1.88 bits per heavy atom. The molecule has 0 spiro atoms. The molecule has 0 unspecified atom stereocenters. The van der Waals surface area contributed by atoms with E-state index in [1.807, 2.05) is 36.4 Å². The summed E-state index contributed by atoms with van der Waals surface area (Å²) in [5.74, 6) is -0.347. The molecule has 24 heavy (non-hydrogen) atoms. The van der Waals surface area contributed by atoms with Crippen molar-refractivity contribution in [2.75, 3.05) is 0 Å². The number of amides is 1. The van der Waals surface area contributed by atoms with E-state index < -0.39 is 4.92 Å². The van der Waals surface area contributed by atoms with Gasteiger partial charge >= 0.3 is 0 Å². The lowest BCUT2D eigenvalue weighted by Crippen LogP contribution is -2.12. The number of nitro benzene ring substituents is 1. The number of rotatable bonds is 2. The number of aromatic nitrogens is 1. The van der Waals surface area contributed by atoms with Crippen LogP contribution in [0, 0.1) is 10.1 Å². The van der Waals surface area contributed by atoms with Crippen molar-refractivity contribution in [2.24, 2.45) is 0 Å². The van der Waals surface area contributed by atoms with E-state index in [0.29, 0.717) is 22.5 Å². The topological polar surface area (TPSA) is 85.1 Å². The number of non-ortho nitro benzene ring substituents is 1. The zero-order chi connectivity index (χ0) is 16.7. The Balaban J connectivity index is 1.79. The van der Waals surface area contributed by atoms with Crippen molar-refractivity contribution in [1.82, 2.24) is 10.3 Å². The lowest BCUT2D eigenvalue weighted by molar-refractivity contribution is -0.384. The van der Waals surface area contributed by atoms with Crippen LogP contribution in [-0.2, 0) is 0 Å². The monoisotopic (exact) mass is 317 g/mol. The van der Waals surface area contributed by atoms with Gasteiger partial charge in [-0.05, 0) is 24.3 Å². The van der Waals surface area contributed by atoms with Crippen molar-refractivity contribution < 1.29 is 9.72 Å². The number of nitrogens with one attached hydrogen (secondary N) is 1. The number of para-hydroxylation sites is 1. The molecule has 0 saturated carbocycles. The number of hydrogen-bond acceptors (Lipinski definition) is 4. The summed E-state index contributed by atoms with van der Waals surface area (Å²) in [5, 5.41) is 14.6. The molecule has 3 aromatic rings. The summed E-state index contributed by atoms with van der Waals surface area (Å²) >= 11 is 0. The van der Waals surface area contributed by atoms with Crippen molar-refractivity contribution in [2.45, 2.75) is 0 Å². The Bertz CT molecular complexity index is 1040. The molecule has 0 bridgehead atoms. The van der Waals surface area contributed by atoms with Gasteiger partial charge in [0.25, 0.3) is 11.6 Å². The quantitative estimate of drug-likeness (QED) is 0.580. The first-order valence-electron chi connectivity index (χ1n) is 7.29. The molecule has 1 aliphatic heterocycles. The minimum absolute atomic E-state index is 0.103. The molecule has 2 aromatic carbocycles. The van der Waals surface area contributed by atoms with Crippen LogP contribution in [0.2, 0.25) is 0 Å². The van der Waals surface area contributed by atoms with Crippen molar-refractivity contribution in [1.29, 1.82) is 0 Å². The SMILES string of the molecule is O=C1N/C(=C\c2ccc3ccccc3n2)c2ccc([N+](=O)[O-])cc21. The van der Waals surface area contributed by atoms with E-state index in [9.17, 15) is 14.9 Å². The van der Waals surface area contributed by atoms with Gasteiger partial charge in [-0.25, -0.2) is 4.98 Å². The first-order chi connectivity index (χ1) is 11.6. The van der Waals surface area contributed by atoms with Gasteiger partial charge in [0.15, 0.2) is 0 Å². The summed E-state index contributed by atoms with van der Waals surface area (Å²) in [7, 11) is 0. The molecule has 1 amide bonds. The minimum Gasteiger partial charge on any atom is -0.321 e. The number of carbonyl (C=O) groups excluding carboxylic acids is 1. The molecule has 6 nitrogen and oxygen atoms in total. The number of hydrogen-bond donors (Lipinski definition) is 1. The maximum Gasteiger partial charge on any atom is 0.270 e. The van der Waals surface area contributed by atoms with Gasteiger partial charge in [-0.1, -0.05) is 24.3 Å². The number of carbonyl (C=O) groups is 1. The van der Waals surface area contributed by atoms with Gasteiger partial charge in [0.05, 0.1) is 27.4 Å². The smallest absolute Gasteiger partial charge is 0.270 e. The Morgan fingerprint density at radius 3 is 2.71 bits per heavy atom. The van der Waals surface area contributed by atoms with Gasteiger partial charge in [-0.3, -0.25) is 14.9 Å². The molecule has 0 atom stereocenters. The molecule has 0 fully saturated rings. The summed E-state index contributed by atoms with van der Waals surface area (Å²) in [6, 6.07) is 15.8. The van der Waals surface area contributed by atoms with Crippen molar-refractivity contribution in [3.8, 4) is 0 Å². The van der Waals surface area contributed by atoms with E-state index in [1.54, 1.807) is 12.1 Å². The van der Waals surface area contributed by atoms with Crippen LogP contribution in [0.4, 0.5) is 5.69 Å². The van der Waals surface area contributed by atoms with Crippen molar-refractivity contribution in [3.63, 3.8) is 0 Å². The van der Waals surface area contributed by atoms with E-state index in [2.05, 4.69) is 10.3 Å². The number of nitrogens with zero attached hydrogens (tertiary/aromatic N) is 2. The number of fused-ring (bicyclic) bond motifs is 2. The van der Waals surface area contributed by atoms with Crippen LogP contribution in [0.15, 0.2) is 54.6 Å². The van der Waals surface area contributed by atoms with Gasteiger partial charge < -0.3 is 5.32 Å². The third-order valence-corrected chi connectivity index (χ3v) is 3.91. The highest BCUT2D eigenvalue weighted by Gasteiger charge is 2.26. The number of benzene rings is 2. The lowest BCUT2D eigenvalue weighted by atomic mass is 10.1. The zero-order valence-electron chi connectivity index (χ0n) is 12.4. The number of pyridine rings is 1. The summed E-state index contributed by atoms with van der Waals surface area (Å²) in [6.45, 7) is 0. The molecule has 1 aromatic heterocycles. The molecular formula is C18H11N3O3. The van der Waals surface area contributed by atoms with Crippen molar-refractivity contribution >= 4 is 34.3 Å². The highest BCUT2D eigenvalue weighted by molar-refractivity contribution is 6.12. The van der Waals surface area contributed by atoms with Crippen LogP contribution in [-0.4, -0.2) is 15.8 Å². The average molecular weight is 317 g/mol. The Labute approximate surface area is 136 Å². The predicted molar refractivity (Wildman–Crippen MR) is 90.2 cm³/mol. The largest absolute Gasteiger partial charge is 0.321 e. The Kier molecular flexibility index (Phi) is 3.09. The standard InChI is InChI=1S/C18H11N3O3/c22-18-15-10-13(21(23)24)7-8-14(15)17(20-18)9-12-6-5-11-3-1-2-4-16(11)19-12/h1-10H,(H,20,22)/b17-9-. The molecule has 1 aliphatic rings. The van der Waals surface area contributed by atoms with Gasteiger partial charge in [0.2, 0.25) is 0 Å². The highest BCUT2D eigenvalue weighted by atomic mass is 16.6. The second-order valence-electron chi connectivity index (χ2n) is 5.43. The van der Waals surface area contributed by atoms with Gasteiger partial charge in [-0.2, -0.15) is 0 Å². The highest BCUT2D eigenvalue weighted by Crippen LogP contribution is 2.29. The van der Waals surface area contributed by atoms with E-state index >= 15 is 0 Å². The third-order valence-electron chi connectivity index (χ3n) is 3.91. The second-order valence-corrected chi connectivity index (χ2v) is 5.43. The molecule has 6 heteroatoms. The molecule has 0 radical (unpaired) electrons. The second kappa shape index (κ2) is 5.27. The third kappa shape index (κ3) is 2.30. The minimum atomic E-state index is -0.514. The van der Waals surface area contributed by atoms with Crippen LogP contribution in [0.3, 0.4) is 0 Å². The zero-order valence-corrected chi connectivity index (χ0v) is 12.4. The fraction of sp³-hybridized carbons (Fsp3) is 0. The van der Waals surface area contributed by atoms with Crippen LogP contribution >= 0.6 is 0 Å². The Hall–Kier alpha value is -3.54. The van der Waals surface area contributed by atoms with Crippen LogP contribution < -0.4 is 5.32 Å². The summed E-state index contributed by atoms with van der Waals surface area (Å²) in [5.41, 5.74) is 2.99. The fourth-order valence-electron chi connectivity index (χ4n) is 2.75. The van der Waals surface area contributed by atoms with E-state index in [1.165, 1.54) is 12.1 Å². The van der Waals surface area contributed by atoms with E-state index in [0.717, 1.165) is 10.9 Å². The maximum absolute atomic E-state index is 12.1. The summed E-state index contributed by atoms with van der Waals surface area (Å²) in [6.07, 6.45) is 1.77. The summed E-state index contributed by atoms with van der Waals surface area (Å²) < 4.78 is 0. The maximum atomic E-state index is 12.1. The first-order valence-corrected chi connectivity index (χ1v) is 7.29. The van der Waals surface area contributed by atoms with E-state index in [4.69, 9.17) is 0 Å². The predicted octanol–water partition coefficient (Wildman–Crippen LogP) is 3.38. The molecule has 0 aliphatic carbocycles. The summed E-state index contributed by atoms with van der Waals surface area (Å²) in [4.78, 5) is 26.9. The molecule has 2 heterocycles. The van der Waals surface area contributed by atoms with Crippen LogP contribution in [0.25, 0.3) is 22.7 Å². The van der Waals surface area contributed by atoms with E-state index in [-0.39, 0.29) is 11.6 Å². The number of nitro groups is 1. The Morgan fingerprint density at radius 1 is 1.04 bits per heavy atom. The van der Waals surface area contributed by atoms with Crippen LogP contribution in [0.5, 0.6) is 0 Å².